The molecule has 4 rings (SSSR count). The van der Waals surface area contributed by atoms with Gasteiger partial charge < -0.3 is 5.32 Å². The Balaban J connectivity index is 1.45. The lowest BCUT2D eigenvalue weighted by atomic mass is 10.1. The predicted molar refractivity (Wildman–Crippen MR) is 121 cm³/mol. The van der Waals surface area contributed by atoms with E-state index in [0.717, 1.165) is 22.4 Å². The zero-order valence-corrected chi connectivity index (χ0v) is 17.6. The molecule has 2 aromatic carbocycles. The van der Waals surface area contributed by atoms with Crippen molar-refractivity contribution in [2.45, 2.75) is 19.4 Å². The van der Waals surface area contributed by atoms with E-state index < -0.39 is 0 Å². The van der Waals surface area contributed by atoms with Crippen LogP contribution in [-0.2, 0) is 20.9 Å². The summed E-state index contributed by atoms with van der Waals surface area (Å²) in [5.74, 6) is -0.657. The summed E-state index contributed by atoms with van der Waals surface area (Å²) in [6.07, 6.45) is 5.60. The van der Waals surface area contributed by atoms with Crippen LogP contribution in [0.5, 0.6) is 0 Å². The number of carbonyl (C=O) groups is 3. The third-order valence-electron chi connectivity index (χ3n) is 5.23. The number of carbonyl (C=O) groups excluding carboxylic acids is 3. The fourth-order valence-corrected chi connectivity index (χ4v) is 3.62. The average molecular weight is 428 g/mol. The number of hydrogen-bond donors (Lipinski definition) is 1. The van der Waals surface area contributed by atoms with Gasteiger partial charge >= 0.3 is 0 Å². The van der Waals surface area contributed by atoms with Crippen LogP contribution in [0.4, 0.5) is 0 Å². The van der Waals surface area contributed by atoms with Crippen LogP contribution in [0.3, 0.4) is 0 Å². The van der Waals surface area contributed by atoms with E-state index in [0.29, 0.717) is 6.54 Å². The summed E-state index contributed by atoms with van der Waals surface area (Å²) in [4.78, 5) is 36.8. The quantitative estimate of drug-likeness (QED) is 0.442. The van der Waals surface area contributed by atoms with Gasteiger partial charge in [0.05, 0.1) is 12.2 Å². The molecule has 0 saturated carbocycles. The highest BCUT2D eigenvalue weighted by molar-refractivity contribution is 6.02. The summed E-state index contributed by atoms with van der Waals surface area (Å²) >= 11 is 0. The third-order valence-corrected chi connectivity index (χ3v) is 5.23. The maximum atomic E-state index is 12.3. The largest absolute Gasteiger partial charge is 0.351 e. The molecule has 3 amide bonds. The molecule has 0 bridgehead atoms. The molecule has 2 heterocycles. The summed E-state index contributed by atoms with van der Waals surface area (Å²) in [6, 6.07) is 19.9. The van der Waals surface area contributed by atoms with Gasteiger partial charge in [0.2, 0.25) is 17.7 Å². The molecule has 1 aliphatic rings. The molecule has 162 valence electrons. The van der Waals surface area contributed by atoms with Crippen molar-refractivity contribution in [2.24, 2.45) is 0 Å². The van der Waals surface area contributed by atoms with Gasteiger partial charge in [0.25, 0.3) is 0 Å². The second-order valence-corrected chi connectivity index (χ2v) is 7.55. The van der Waals surface area contributed by atoms with Gasteiger partial charge in [0.1, 0.15) is 0 Å². The molecule has 0 spiro atoms. The van der Waals surface area contributed by atoms with E-state index in [1.807, 2.05) is 71.5 Å². The highest BCUT2D eigenvalue weighted by Gasteiger charge is 2.28. The standard InChI is InChI=1S/C25H24N4O3/c30-22(26-15-16-29-23(31)13-14-24(29)32)12-11-21-18-28(17-19-7-3-1-4-8-19)27-25(21)20-9-5-2-6-10-20/h1-12,18H,13-17H2,(H,26,30). The minimum atomic E-state index is -0.293. The molecule has 0 aliphatic carbocycles. The number of hydrogen-bond acceptors (Lipinski definition) is 4. The van der Waals surface area contributed by atoms with Crippen molar-refractivity contribution in [1.29, 1.82) is 0 Å². The number of rotatable bonds is 8. The number of imide groups is 1. The van der Waals surface area contributed by atoms with E-state index in [1.54, 1.807) is 6.08 Å². The topological polar surface area (TPSA) is 84.3 Å². The Morgan fingerprint density at radius 1 is 0.969 bits per heavy atom. The van der Waals surface area contributed by atoms with Gasteiger partial charge in [-0.25, -0.2) is 0 Å². The molecular weight excluding hydrogens is 404 g/mol. The van der Waals surface area contributed by atoms with Crippen molar-refractivity contribution in [2.75, 3.05) is 13.1 Å². The van der Waals surface area contributed by atoms with E-state index in [1.165, 1.54) is 11.0 Å². The van der Waals surface area contributed by atoms with Crippen molar-refractivity contribution in [3.8, 4) is 11.3 Å². The second kappa shape index (κ2) is 9.87. The summed E-state index contributed by atoms with van der Waals surface area (Å²) in [5, 5.41) is 7.46. The number of benzene rings is 2. The molecule has 1 fully saturated rings. The highest BCUT2D eigenvalue weighted by atomic mass is 16.2. The smallest absolute Gasteiger partial charge is 0.244 e. The molecule has 0 radical (unpaired) electrons. The fraction of sp³-hybridized carbons (Fsp3) is 0.200. The second-order valence-electron chi connectivity index (χ2n) is 7.55. The summed E-state index contributed by atoms with van der Waals surface area (Å²) < 4.78 is 1.86. The first-order valence-corrected chi connectivity index (χ1v) is 10.6. The Bertz CT molecular complexity index is 1120. The van der Waals surface area contributed by atoms with Crippen LogP contribution in [-0.4, -0.2) is 45.5 Å². The maximum absolute atomic E-state index is 12.3. The molecule has 0 atom stereocenters. The zero-order valence-electron chi connectivity index (χ0n) is 17.6. The minimum Gasteiger partial charge on any atom is -0.351 e. The van der Waals surface area contributed by atoms with Gasteiger partial charge in [-0.3, -0.25) is 24.0 Å². The van der Waals surface area contributed by atoms with Gasteiger partial charge in [0, 0.05) is 49.3 Å². The maximum Gasteiger partial charge on any atom is 0.244 e. The fourth-order valence-electron chi connectivity index (χ4n) is 3.62. The first kappa shape index (κ1) is 21.2. The van der Waals surface area contributed by atoms with Crippen molar-refractivity contribution >= 4 is 23.8 Å². The molecule has 7 heteroatoms. The lowest BCUT2D eigenvalue weighted by Crippen LogP contribution is -2.37. The number of likely N-dealkylation sites (tertiary alicyclic amines) is 1. The molecule has 0 unspecified atom stereocenters. The monoisotopic (exact) mass is 428 g/mol. The average Bonchev–Trinajstić information content (AvgIpc) is 3.36. The lowest BCUT2D eigenvalue weighted by molar-refractivity contribution is -0.138. The van der Waals surface area contributed by atoms with Crippen LogP contribution in [0.1, 0.15) is 24.0 Å². The van der Waals surface area contributed by atoms with Gasteiger partial charge in [0.15, 0.2) is 0 Å². The molecule has 1 aromatic heterocycles. The first-order chi connectivity index (χ1) is 15.6. The Labute approximate surface area is 186 Å². The number of nitrogens with one attached hydrogen (secondary N) is 1. The normalized spacial score (nSPS) is 13.8. The lowest BCUT2D eigenvalue weighted by Gasteiger charge is -2.13. The van der Waals surface area contributed by atoms with Gasteiger partial charge in [-0.15, -0.1) is 0 Å². The molecule has 1 N–H and O–H groups in total. The van der Waals surface area contributed by atoms with Crippen LogP contribution in [0.2, 0.25) is 0 Å². The van der Waals surface area contributed by atoms with Crippen molar-refractivity contribution in [3.05, 3.63) is 84.1 Å². The Morgan fingerprint density at radius 2 is 1.62 bits per heavy atom. The zero-order chi connectivity index (χ0) is 22.3. The van der Waals surface area contributed by atoms with Gasteiger partial charge in [-0.2, -0.15) is 5.10 Å². The number of nitrogens with zero attached hydrogens (tertiary/aromatic N) is 3. The summed E-state index contributed by atoms with van der Waals surface area (Å²) in [5.41, 5.74) is 3.71. The SMILES string of the molecule is O=C(C=Cc1cn(Cc2ccccc2)nc1-c1ccccc1)NCCN1C(=O)CCC1=O. The van der Waals surface area contributed by atoms with Crippen molar-refractivity contribution in [1.82, 2.24) is 20.0 Å². The number of aromatic nitrogens is 2. The van der Waals surface area contributed by atoms with E-state index in [9.17, 15) is 14.4 Å². The first-order valence-electron chi connectivity index (χ1n) is 10.6. The molecular formula is C25H24N4O3. The predicted octanol–water partition coefficient (Wildman–Crippen LogP) is 2.88. The van der Waals surface area contributed by atoms with E-state index >= 15 is 0 Å². The Kier molecular flexibility index (Phi) is 6.55. The van der Waals surface area contributed by atoms with E-state index in [4.69, 9.17) is 5.10 Å². The van der Waals surface area contributed by atoms with E-state index in [-0.39, 0.29) is 43.7 Å². The van der Waals surface area contributed by atoms with Crippen molar-refractivity contribution in [3.63, 3.8) is 0 Å². The van der Waals surface area contributed by atoms with Crippen LogP contribution in [0.15, 0.2) is 72.9 Å². The summed E-state index contributed by atoms with van der Waals surface area (Å²) in [6.45, 7) is 1.04. The molecule has 32 heavy (non-hydrogen) atoms. The van der Waals surface area contributed by atoms with Crippen LogP contribution in [0, 0.1) is 0 Å². The minimum absolute atomic E-state index is 0.182. The summed E-state index contributed by atoms with van der Waals surface area (Å²) in [7, 11) is 0. The third kappa shape index (κ3) is 5.18. The Hall–Kier alpha value is -4.00. The van der Waals surface area contributed by atoms with Crippen LogP contribution in [0.25, 0.3) is 17.3 Å². The van der Waals surface area contributed by atoms with E-state index in [2.05, 4.69) is 5.32 Å². The number of amides is 3. The Morgan fingerprint density at radius 3 is 2.31 bits per heavy atom. The van der Waals surface area contributed by atoms with Gasteiger partial charge in [-0.1, -0.05) is 60.7 Å². The molecule has 1 saturated heterocycles. The van der Waals surface area contributed by atoms with Crippen LogP contribution < -0.4 is 5.32 Å². The van der Waals surface area contributed by atoms with Gasteiger partial charge in [-0.05, 0) is 11.6 Å². The molecule has 1 aliphatic heterocycles. The molecule has 3 aromatic rings. The van der Waals surface area contributed by atoms with Crippen molar-refractivity contribution < 1.29 is 14.4 Å². The highest BCUT2D eigenvalue weighted by Crippen LogP contribution is 2.23. The molecule has 7 nitrogen and oxygen atoms in total. The van der Waals surface area contributed by atoms with Crippen LogP contribution >= 0.6 is 0 Å².